The Balaban J connectivity index is 2.03. The Kier molecular flexibility index (Phi) is 5.83. The van der Waals surface area contributed by atoms with Gasteiger partial charge < -0.3 is 10.6 Å². The maximum Gasteiger partial charge on any atom is 0.416 e. The first-order valence-electron chi connectivity index (χ1n) is 7.79. The Morgan fingerprint density at radius 2 is 1.68 bits per heavy atom. The average molecular weight is 315 g/mol. The van der Waals surface area contributed by atoms with Gasteiger partial charge in [0.1, 0.15) is 0 Å². The summed E-state index contributed by atoms with van der Waals surface area (Å²) in [6, 6.07) is 5.39. The fraction of sp³-hybridized carbons (Fsp3) is 0.625. The number of alkyl halides is 3. The number of nitrogens with zero attached hydrogens (tertiary/aromatic N) is 2. The molecule has 0 saturated carbocycles. The van der Waals surface area contributed by atoms with Gasteiger partial charge in [-0.2, -0.15) is 13.2 Å². The Hall–Kier alpha value is -1.11. The van der Waals surface area contributed by atoms with Crippen LogP contribution in [0.5, 0.6) is 0 Å². The van der Waals surface area contributed by atoms with E-state index in [4.69, 9.17) is 5.73 Å². The first-order valence-corrected chi connectivity index (χ1v) is 7.79. The topological polar surface area (TPSA) is 32.5 Å². The van der Waals surface area contributed by atoms with Crippen molar-refractivity contribution >= 4 is 0 Å². The minimum atomic E-state index is -4.29. The molecule has 0 amide bonds. The van der Waals surface area contributed by atoms with Gasteiger partial charge in [-0.05, 0) is 30.7 Å². The van der Waals surface area contributed by atoms with E-state index in [1.54, 1.807) is 12.1 Å². The molecule has 1 heterocycles. The van der Waals surface area contributed by atoms with E-state index >= 15 is 0 Å². The minimum Gasteiger partial charge on any atom is -0.329 e. The molecule has 6 heteroatoms. The van der Waals surface area contributed by atoms with Crippen LogP contribution in [0.3, 0.4) is 0 Å². The van der Waals surface area contributed by atoms with Crippen molar-refractivity contribution in [1.29, 1.82) is 0 Å². The van der Waals surface area contributed by atoms with Gasteiger partial charge in [-0.3, -0.25) is 4.90 Å². The van der Waals surface area contributed by atoms with E-state index in [0.717, 1.165) is 56.8 Å². The van der Waals surface area contributed by atoms with Gasteiger partial charge in [-0.25, -0.2) is 0 Å². The normalized spacial score (nSPS) is 19.3. The van der Waals surface area contributed by atoms with Crippen LogP contribution in [-0.4, -0.2) is 49.1 Å². The molecule has 3 nitrogen and oxygen atoms in total. The zero-order valence-electron chi connectivity index (χ0n) is 12.9. The van der Waals surface area contributed by atoms with Crippen molar-refractivity contribution < 1.29 is 13.2 Å². The summed E-state index contributed by atoms with van der Waals surface area (Å²) in [6.07, 6.45) is -3.15. The predicted molar refractivity (Wildman–Crippen MR) is 81.5 cm³/mol. The molecule has 1 atom stereocenters. The lowest BCUT2D eigenvalue weighted by molar-refractivity contribution is -0.137. The molecule has 1 aromatic carbocycles. The Labute approximate surface area is 129 Å². The monoisotopic (exact) mass is 315 g/mol. The van der Waals surface area contributed by atoms with Gasteiger partial charge in [-0.15, -0.1) is 0 Å². The van der Waals surface area contributed by atoms with Crippen LogP contribution >= 0.6 is 0 Å². The van der Waals surface area contributed by atoms with Crippen molar-refractivity contribution in [3.05, 3.63) is 35.4 Å². The third kappa shape index (κ3) is 4.21. The largest absolute Gasteiger partial charge is 0.416 e. The fourth-order valence-corrected chi connectivity index (χ4v) is 3.01. The SMILES string of the molecule is CCCN1CCN(C(CN)c2ccc(C(F)(F)F)cc2)CC1. The van der Waals surface area contributed by atoms with E-state index in [1.807, 2.05) is 0 Å². The number of benzene rings is 1. The first-order chi connectivity index (χ1) is 10.5. The van der Waals surface area contributed by atoms with E-state index in [0.29, 0.717) is 6.54 Å². The molecule has 1 unspecified atom stereocenters. The lowest BCUT2D eigenvalue weighted by atomic mass is 10.0. The summed E-state index contributed by atoms with van der Waals surface area (Å²) in [5.74, 6) is 0. The highest BCUT2D eigenvalue weighted by Crippen LogP contribution is 2.30. The second kappa shape index (κ2) is 7.44. The third-order valence-electron chi connectivity index (χ3n) is 4.23. The number of halogens is 3. The van der Waals surface area contributed by atoms with Crippen LogP contribution in [0, 0.1) is 0 Å². The molecule has 1 aliphatic rings. The molecular weight excluding hydrogens is 291 g/mol. The highest BCUT2D eigenvalue weighted by atomic mass is 19.4. The molecule has 0 aromatic heterocycles. The summed E-state index contributed by atoms with van der Waals surface area (Å²) in [5, 5.41) is 0. The molecule has 1 saturated heterocycles. The number of rotatable bonds is 5. The molecule has 0 spiro atoms. The summed E-state index contributed by atoms with van der Waals surface area (Å²) in [6.45, 7) is 7.47. The minimum absolute atomic E-state index is 0.00828. The molecule has 0 aliphatic carbocycles. The highest BCUT2D eigenvalue weighted by Gasteiger charge is 2.31. The number of piperazine rings is 1. The van der Waals surface area contributed by atoms with Crippen molar-refractivity contribution in [3.63, 3.8) is 0 Å². The molecule has 2 N–H and O–H groups in total. The summed E-state index contributed by atoms with van der Waals surface area (Å²) in [7, 11) is 0. The average Bonchev–Trinajstić information content (AvgIpc) is 2.50. The van der Waals surface area contributed by atoms with Crippen LogP contribution in [0.2, 0.25) is 0 Å². The molecule has 0 bridgehead atoms. The van der Waals surface area contributed by atoms with Gasteiger partial charge in [0.15, 0.2) is 0 Å². The van der Waals surface area contributed by atoms with Crippen LogP contribution in [0.15, 0.2) is 24.3 Å². The van der Waals surface area contributed by atoms with Crippen molar-refractivity contribution in [2.45, 2.75) is 25.6 Å². The molecule has 2 rings (SSSR count). The van der Waals surface area contributed by atoms with Crippen LogP contribution < -0.4 is 5.73 Å². The smallest absolute Gasteiger partial charge is 0.329 e. The molecule has 22 heavy (non-hydrogen) atoms. The zero-order chi connectivity index (χ0) is 16.2. The van der Waals surface area contributed by atoms with Crippen molar-refractivity contribution in [3.8, 4) is 0 Å². The van der Waals surface area contributed by atoms with Crippen LogP contribution in [0.1, 0.15) is 30.5 Å². The van der Waals surface area contributed by atoms with Crippen molar-refractivity contribution in [2.75, 3.05) is 39.3 Å². The quantitative estimate of drug-likeness (QED) is 0.907. The lowest BCUT2D eigenvalue weighted by Gasteiger charge is -2.39. The standard InChI is InChI=1S/C16H24F3N3/c1-2-7-21-8-10-22(11-9-21)15(12-20)13-3-5-14(6-4-13)16(17,18)19/h3-6,15H,2,7-12,20H2,1H3. The molecule has 1 aliphatic heterocycles. The fourth-order valence-electron chi connectivity index (χ4n) is 3.01. The van der Waals surface area contributed by atoms with Gasteiger partial charge in [0.25, 0.3) is 0 Å². The number of hydrogen-bond acceptors (Lipinski definition) is 3. The van der Waals surface area contributed by atoms with Gasteiger partial charge >= 0.3 is 6.18 Å². The maximum atomic E-state index is 12.6. The number of nitrogens with two attached hydrogens (primary N) is 1. The third-order valence-corrected chi connectivity index (χ3v) is 4.23. The lowest BCUT2D eigenvalue weighted by Crippen LogP contribution is -2.49. The van der Waals surface area contributed by atoms with Gasteiger partial charge in [0.05, 0.1) is 5.56 Å². The second-order valence-electron chi connectivity index (χ2n) is 5.75. The molecule has 1 fully saturated rings. The summed E-state index contributed by atoms with van der Waals surface area (Å²) in [5.41, 5.74) is 6.12. The van der Waals surface area contributed by atoms with Gasteiger partial charge in [0.2, 0.25) is 0 Å². The predicted octanol–water partition coefficient (Wildman–Crippen LogP) is 2.73. The number of hydrogen-bond donors (Lipinski definition) is 1. The van der Waals surface area contributed by atoms with Gasteiger partial charge in [0, 0.05) is 38.8 Å². The van der Waals surface area contributed by atoms with E-state index in [9.17, 15) is 13.2 Å². The molecule has 124 valence electrons. The second-order valence-corrected chi connectivity index (χ2v) is 5.75. The van der Waals surface area contributed by atoms with Crippen molar-refractivity contribution in [1.82, 2.24) is 9.80 Å². The maximum absolute atomic E-state index is 12.6. The van der Waals surface area contributed by atoms with E-state index in [1.165, 1.54) is 0 Å². The molecule has 1 aromatic rings. The highest BCUT2D eigenvalue weighted by molar-refractivity contribution is 5.27. The molecular formula is C16H24F3N3. The van der Waals surface area contributed by atoms with Crippen LogP contribution in [0.25, 0.3) is 0 Å². The summed E-state index contributed by atoms with van der Waals surface area (Å²) >= 11 is 0. The van der Waals surface area contributed by atoms with Gasteiger partial charge in [-0.1, -0.05) is 19.1 Å². The first kappa shape index (κ1) is 17.2. The zero-order valence-corrected chi connectivity index (χ0v) is 12.9. The van der Waals surface area contributed by atoms with E-state index < -0.39 is 11.7 Å². The summed E-state index contributed by atoms with van der Waals surface area (Å²) in [4.78, 5) is 4.69. The van der Waals surface area contributed by atoms with E-state index in [2.05, 4.69) is 16.7 Å². The van der Waals surface area contributed by atoms with Crippen molar-refractivity contribution in [2.24, 2.45) is 5.73 Å². The van der Waals surface area contributed by atoms with E-state index in [-0.39, 0.29) is 6.04 Å². The Bertz CT molecular complexity index is 451. The molecule has 0 radical (unpaired) electrons. The Morgan fingerprint density at radius 3 is 2.14 bits per heavy atom. The Morgan fingerprint density at radius 1 is 1.09 bits per heavy atom. The van der Waals surface area contributed by atoms with Crippen LogP contribution in [-0.2, 0) is 6.18 Å². The van der Waals surface area contributed by atoms with Crippen LogP contribution in [0.4, 0.5) is 13.2 Å². The summed E-state index contributed by atoms with van der Waals surface area (Å²) < 4.78 is 37.9.